The lowest BCUT2D eigenvalue weighted by Crippen LogP contribution is -2.46. The highest BCUT2D eigenvalue weighted by Crippen LogP contribution is 2.18. The molecule has 0 bridgehead atoms. The molecule has 1 heterocycles. The van der Waals surface area contributed by atoms with Crippen molar-refractivity contribution in [2.75, 3.05) is 32.6 Å². The van der Waals surface area contributed by atoms with Crippen LogP contribution in [0.3, 0.4) is 0 Å². The Bertz CT molecular complexity index is 1210. The SMILES string of the molecule is CSc1ccc(C=c2[nH]c(=O)c(=Cc3ccc(SCCN(C)C)cc3)[nH]c2=O)cc1. The van der Waals surface area contributed by atoms with Crippen LogP contribution in [0.5, 0.6) is 0 Å². The zero-order chi connectivity index (χ0) is 21.5. The average molecular weight is 440 g/mol. The fourth-order valence-corrected chi connectivity index (χ4v) is 4.16. The van der Waals surface area contributed by atoms with Crippen molar-refractivity contribution in [1.82, 2.24) is 14.9 Å². The topological polar surface area (TPSA) is 69.0 Å². The first-order valence-corrected chi connectivity index (χ1v) is 11.7. The van der Waals surface area contributed by atoms with E-state index in [2.05, 4.69) is 29.0 Å². The number of hydrogen-bond donors (Lipinski definition) is 2. The summed E-state index contributed by atoms with van der Waals surface area (Å²) in [5, 5.41) is 0.476. The van der Waals surface area contributed by atoms with Crippen molar-refractivity contribution in [2.24, 2.45) is 0 Å². The largest absolute Gasteiger partial charge is 0.316 e. The Morgan fingerprint density at radius 3 is 1.70 bits per heavy atom. The van der Waals surface area contributed by atoms with Crippen LogP contribution in [0.1, 0.15) is 11.1 Å². The van der Waals surface area contributed by atoms with Crippen LogP contribution in [0.15, 0.2) is 67.9 Å². The first-order chi connectivity index (χ1) is 14.4. The summed E-state index contributed by atoms with van der Waals surface area (Å²) in [6.45, 7) is 1.01. The molecule has 0 saturated heterocycles. The molecular formula is C23H25N3O2S2. The van der Waals surface area contributed by atoms with E-state index in [1.807, 2.05) is 54.8 Å². The number of aromatic nitrogens is 2. The third kappa shape index (κ3) is 6.26. The second kappa shape index (κ2) is 10.5. The van der Waals surface area contributed by atoms with Gasteiger partial charge in [0.2, 0.25) is 0 Å². The van der Waals surface area contributed by atoms with E-state index in [1.54, 1.807) is 35.7 Å². The van der Waals surface area contributed by atoms with Crippen LogP contribution in [0.25, 0.3) is 12.2 Å². The van der Waals surface area contributed by atoms with Gasteiger partial charge >= 0.3 is 0 Å². The molecule has 3 aromatic rings. The summed E-state index contributed by atoms with van der Waals surface area (Å²) < 4.78 is 0. The van der Waals surface area contributed by atoms with Crippen LogP contribution >= 0.6 is 23.5 Å². The van der Waals surface area contributed by atoms with Crippen LogP contribution < -0.4 is 21.8 Å². The number of rotatable bonds is 7. The van der Waals surface area contributed by atoms with Crippen molar-refractivity contribution in [3.63, 3.8) is 0 Å². The Labute approximate surface area is 183 Å². The summed E-state index contributed by atoms with van der Waals surface area (Å²) in [7, 11) is 4.11. The van der Waals surface area contributed by atoms with E-state index in [9.17, 15) is 9.59 Å². The van der Waals surface area contributed by atoms with Gasteiger partial charge in [0.05, 0.1) is 0 Å². The number of nitrogens with one attached hydrogen (secondary N) is 2. The zero-order valence-corrected chi connectivity index (χ0v) is 18.9. The van der Waals surface area contributed by atoms with E-state index in [0.717, 1.165) is 28.3 Å². The molecule has 2 aromatic carbocycles. The highest BCUT2D eigenvalue weighted by Gasteiger charge is 1.99. The molecule has 5 nitrogen and oxygen atoms in total. The Hall–Kier alpha value is -2.48. The van der Waals surface area contributed by atoms with Gasteiger partial charge in [0, 0.05) is 22.1 Å². The normalized spacial score (nSPS) is 12.7. The maximum absolute atomic E-state index is 12.5. The van der Waals surface area contributed by atoms with Gasteiger partial charge in [-0.15, -0.1) is 23.5 Å². The quantitative estimate of drug-likeness (QED) is 0.552. The molecule has 0 radical (unpaired) electrons. The molecule has 0 aliphatic heterocycles. The standard InChI is InChI=1S/C23H25N3O2S2/c1-26(2)12-13-30-19-10-6-17(7-11-19)15-21-23(28)24-20(22(27)25-21)14-16-4-8-18(29-3)9-5-16/h4-11,14-15H,12-13H2,1-3H3,(H,24,28)(H,25,27). The molecule has 0 spiro atoms. The van der Waals surface area contributed by atoms with E-state index in [-0.39, 0.29) is 21.8 Å². The van der Waals surface area contributed by atoms with E-state index >= 15 is 0 Å². The lowest BCUT2D eigenvalue weighted by atomic mass is 10.2. The summed E-state index contributed by atoms with van der Waals surface area (Å²) >= 11 is 3.44. The minimum absolute atomic E-state index is 0.238. The lowest BCUT2D eigenvalue weighted by molar-refractivity contribution is 0.437. The van der Waals surface area contributed by atoms with Crippen molar-refractivity contribution >= 4 is 35.7 Å². The van der Waals surface area contributed by atoms with E-state index in [1.165, 1.54) is 4.90 Å². The van der Waals surface area contributed by atoms with E-state index < -0.39 is 0 Å². The molecule has 3 rings (SSSR count). The van der Waals surface area contributed by atoms with Crippen molar-refractivity contribution < 1.29 is 0 Å². The molecule has 0 aliphatic rings. The average Bonchev–Trinajstić information content (AvgIpc) is 2.73. The number of aromatic amines is 2. The van der Waals surface area contributed by atoms with Gasteiger partial charge in [-0.2, -0.15) is 0 Å². The molecule has 2 N–H and O–H groups in total. The lowest BCUT2D eigenvalue weighted by Gasteiger charge is -2.08. The maximum Gasteiger partial charge on any atom is 0.272 e. The molecule has 0 aliphatic carbocycles. The molecule has 0 atom stereocenters. The van der Waals surface area contributed by atoms with Crippen molar-refractivity contribution in [3.8, 4) is 0 Å². The molecular weight excluding hydrogens is 414 g/mol. The smallest absolute Gasteiger partial charge is 0.272 e. The predicted octanol–water partition coefficient (Wildman–Crippen LogP) is 2.10. The van der Waals surface area contributed by atoms with Crippen LogP contribution in [0.2, 0.25) is 0 Å². The van der Waals surface area contributed by atoms with Crippen LogP contribution in [0.4, 0.5) is 0 Å². The molecule has 0 saturated carbocycles. The van der Waals surface area contributed by atoms with Gasteiger partial charge in [0.1, 0.15) is 10.7 Å². The highest BCUT2D eigenvalue weighted by molar-refractivity contribution is 7.99. The van der Waals surface area contributed by atoms with Crippen molar-refractivity contribution in [3.05, 3.63) is 91.1 Å². The summed E-state index contributed by atoms with van der Waals surface area (Å²) in [5.74, 6) is 1.01. The fraction of sp³-hybridized carbons (Fsp3) is 0.217. The van der Waals surface area contributed by atoms with Crippen LogP contribution in [-0.4, -0.2) is 47.5 Å². The van der Waals surface area contributed by atoms with Gasteiger partial charge in [0.25, 0.3) is 11.1 Å². The fourth-order valence-electron chi connectivity index (χ4n) is 2.74. The molecule has 0 amide bonds. The van der Waals surface area contributed by atoms with Gasteiger partial charge in [0.15, 0.2) is 0 Å². The second-order valence-electron chi connectivity index (χ2n) is 7.02. The molecule has 30 heavy (non-hydrogen) atoms. The Balaban J connectivity index is 1.84. The second-order valence-corrected chi connectivity index (χ2v) is 9.07. The zero-order valence-electron chi connectivity index (χ0n) is 17.3. The molecule has 7 heteroatoms. The minimum Gasteiger partial charge on any atom is -0.316 e. The van der Waals surface area contributed by atoms with Gasteiger partial charge in [-0.25, -0.2) is 0 Å². The Morgan fingerprint density at radius 1 is 0.800 bits per heavy atom. The van der Waals surface area contributed by atoms with Crippen molar-refractivity contribution in [2.45, 2.75) is 9.79 Å². The first kappa shape index (κ1) is 22.2. The number of H-pyrrole nitrogens is 2. The predicted molar refractivity (Wildman–Crippen MR) is 128 cm³/mol. The third-order valence-corrected chi connectivity index (χ3v) is 6.15. The Kier molecular flexibility index (Phi) is 7.79. The maximum atomic E-state index is 12.5. The molecule has 0 fully saturated rings. The first-order valence-electron chi connectivity index (χ1n) is 9.52. The number of nitrogens with zero attached hydrogens (tertiary/aromatic N) is 1. The summed E-state index contributed by atoms with van der Waals surface area (Å²) in [6.07, 6.45) is 5.37. The van der Waals surface area contributed by atoms with E-state index in [4.69, 9.17) is 0 Å². The monoisotopic (exact) mass is 439 g/mol. The summed E-state index contributed by atoms with van der Waals surface area (Å²) in [4.78, 5) is 34.8. The molecule has 1 aromatic heterocycles. The van der Waals surface area contributed by atoms with Crippen LogP contribution in [-0.2, 0) is 0 Å². The molecule has 0 unspecified atom stereocenters. The minimum atomic E-state index is -0.328. The number of hydrogen-bond acceptors (Lipinski definition) is 5. The van der Waals surface area contributed by atoms with Gasteiger partial charge in [-0.3, -0.25) is 9.59 Å². The number of benzene rings is 2. The Morgan fingerprint density at radius 2 is 1.27 bits per heavy atom. The molecule has 156 valence electrons. The third-order valence-electron chi connectivity index (χ3n) is 4.41. The van der Waals surface area contributed by atoms with Crippen molar-refractivity contribution in [1.29, 1.82) is 0 Å². The van der Waals surface area contributed by atoms with Crippen LogP contribution in [0, 0.1) is 0 Å². The van der Waals surface area contributed by atoms with Gasteiger partial charge in [-0.05, 0) is 67.9 Å². The van der Waals surface area contributed by atoms with E-state index in [0.29, 0.717) is 0 Å². The van der Waals surface area contributed by atoms with Gasteiger partial charge in [-0.1, -0.05) is 24.3 Å². The highest BCUT2D eigenvalue weighted by atomic mass is 32.2. The van der Waals surface area contributed by atoms with Gasteiger partial charge < -0.3 is 14.9 Å². The summed E-state index contributed by atoms with van der Waals surface area (Å²) in [5.41, 5.74) is 1.06. The summed E-state index contributed by atoms with van der Waals surface area (Å²) in [6, 6.07) is 15.7. The number of thioether (sulfide) groups is 2.